The van der Waals surface area contributed by atoms with Crippen LogP contribution in [0.3, 0.4) is 0 Å². The van der Waals surface area contributed by atoms with E-state index in [-0.39, 0.29) is 5.78 Å². The van der Waals surface area contributed by atoms with Gasteiger partial charge in [0.1, 0.15) is 0 Å². The Morgan fingerprint density at radius 2 is 2.00 bits per heavy atom. The van der Waals surface area contributed by atoms with Gasteiger partial charge < -0.3 is 0 Å². The predicted octanol–water partition coefficient (Wildman–Crippen LogP) is 0.427. The average molecular weight is 190 g/mol. The van der Waals surface area contributed by atoms with E-state index in [4.69, 9.17) is 12.2 Å². The molecule has 0 radical (unpaired) electrons. The van der Waals surface area contributed by atoms with Crippen LogP contribution in [0.4, 0.5) is 0 Å². The van der Waals surface area contributed by atoms with Crippen molar-refractivity contribution in [3.63, 3.8) is 0 Å². The molecule has 1 aliphatic rings. The molecule has 13 heavy (non-hydrogen) atoms. The molecule has 2 rings (SSSR count). The fourth-order valence-corrected chi connectivity index (χ4v) is 1.35. The largest absolute Gasteiger partial charge is 0.295 e. The molecule has 0 fully saturated rings. The number of thiocarbonyl (C=S) groups is 1. The molecule has 0 bridgehead atoms. The molecular weight excluding hydrogens is 184 g/mol. The number of carbonyl (C=O) groups is 1. The van der Waals surface area contributed by atoms with E-state index in [2.05, 4.69) is 9.98 Å². The monoisotopic (exact) mass is 190 g/mol. The van der Waals surface area contributed by atoms with Gasteiger partial charge >= 0.3 is 0 Å². The van der Waals surface area contributed by atoms with E-state index in [1.165, 1.54) is 6.92 Å². The van der Waals surface area contributed by atoms with Crippen LogP contribution in [0.25, 0.3) is 0 Å². The Morgan fingerprint density at radius 3 is 2.69 bits per heavy atom. The predicted molar refractivity (Wildman–Crippen MR) is 51.4 cm³/mol. The van der Waals surface area contributed by atoms with Gasteiger partial charge in [-0.05, 0) is 37.3 Å². The van der Waals surface area contributed by atoms with Gasteiger partial charge in [0.15, 0.2) is 5.78 Å². The lowest BCUT2D eigenvalue weighted by molar-refractivity contribution is 0.101. The highest BCUT2D eigenvalue weighted by Crippen LogP contribution is 1.95. The molecular formula is C9H6N2OS. The Kier molecular flexibility index (Phi) is 1.77. The molecule has 0 amide bonds. The second kappa shape index (κ2) is 2.81. The highest BCUT2D eigenvalue weighted by molar-refractivity contribution is 7.80. The molecule has 1 heterocycles. The molecule has 0 aromatic heterocycles. The number of nitrogens with zero attached hydrogens (tertiary/aromatic N) is 2. The summed E-state index contributed by atoms with van der Waals surface area (Å²) in [4.78, 5) is 19.0. The zero-order chi connectivity index (χ0) is 9.42. The maximum atomic E-state index is 11.0. The van der Waals surface area contributed by atoms with Crippen molar-refractivity contribution in [3.8, 4) is 0 Å². The minimum absolute atomic E-state index is 0.0239. The highest BCUT2D eigenvalue weighted by Gasteiger charge is 2.04. The molecule has 1 aromatic rings. The van der Waals surface area contributed by atoms with Crippen molar-refractivity contribution in [1.82, 2.24) is 0 Å². The number of hydrogen-bond acceptors (Lipinski definition) is 2. The third kappa shape index (κ3) is 1.40. The lowest BCUT2D eigenvalue weighted by atomic mass is 10.1. The molecule has 0 saturated carbocycles. The van der Waals surface area contributed by atoms with Gasteiger partial charge in [-0.2, -0.15) is 0 Å². The van der Waals surface area contributed by atoms with Crippen molar-refractivity contribution in [2.45, 2.75) is 6.92 Å². The van der Waals surface area contributed by atoms with Gasteiger partial charge in [0.05, 0.1) is 10.7 Å². The molecule has 1 aromatic carbocycles. The summed E-state index contributed by atoms with van der Waals surface area (Å²) in [5.74, 6) is 0.0239. The lowest BCUT2D eigenvalue weighted by Gasteiger charge is -1.90. The summed E-state index contributed by atoms with van der Waals surface area (Å²) in [7, 11) is 0. The van der Waals surface area contributed by atoms with Crippen LogP contribution in [0.15, 0.2) is 28.2 Å². The molecule has 0 saturated heterocycles. The number of rotatable bonds is 1. The fraction of sp³-hybridized carbons (Fsp3) is 0.111. The summed E-state index contributed by atoms with van der Waals surface area (Å²) in [6.07, 6.45) is 0. The standard InChI is InChI=1S/C9H6N2OS/c1-5(12)6-2-3-7-8(4-6)11-9(13)10-7/h2-4H,1H3. The topological polar surface area (TPSA) is 41.8 Å². The van der Waals surface area contributed by atoms with Crippen LogP contribution in [0.2, 0.25) is 0 Å². The Labute approximate surface area is 79.8 Å². The molecule has 0 spiro atoms. The van der Waals surface area contributed by atoms with Gasteiger partial charge in [0.25, 0.3) is 0 Å². The first kappa shape index (κ1) is 8.19. The normalized spacial score (nSPS) is 13.2. The van der Waals surface area contributed by atoms with E-state index in [1.54, 1.807) is 18.2 Å². The third-order valence-electron chi connectivity index (χ3n) is 1.81. The van der Waals surface area contributed by atoms with Gasteiger partial charge in [0.2, 0.25) is 5.11 Å². The Hall–Kier alpha value is -1.42. The van der Waals surface area contributed by atoms with Crippen LogP contribution in [0.1, 0.15) is 17.3 Å². The maximum Gasteiger partial charge on any atom is 0.220 e. The summed E-state index contributed by atoms with van der Waals surface area (Å²) in [6.45, 7) is 1.52. The quantitative estimate of drug-likeness (QED) is 0.476. The van der Waals surface area contributed by atoms with Crippen LogP contribution in [-0.2, 0) is 0 Å². The van der Waals surface area contributed by atoms with Gasteiger partial charge in [-0.1, -0.05) is 0 Å². The van der Waals surface area contributed by atoms with E-state index < -0.39 is 0 Å². The molecule has 3 nitrogen and oxygen atoms in total. The first-order valence-electron chi connectivity index (χ1n) is 3.79. The summed E-state index contributed by atoms with van der Waals surface area (Å²) in [5.41, 5.74) is 0.641. The van der Waals surface area contributed by atoms with Crippen LogP contribution >= 0.6 is 12.2 Å². The number of carbonyl (C=O) groups excluding carboxylic acids is 1. The number of ketones is 1. The fourth-order valence-electron chi connectivity index (χ4n) is 1.16. The number of fused-ring (bicyclic) bond motifs is 1. The smallest absolute Gasteiger partial charge is 0.220 e. The highest BCUT2D eigenvalue weighted by atomic mass is 32.1. The molecule has 64 valence electrons. The minimum atomic E-state index is 0.0239. The molecule has 4 heteroatoms. The van der Waals surface area contributed by atoms with Gasteiger partial charge in [-0.15, -0.1) is 0 Å². The van der Waals surface area contributed by atoms with E-state index in [0.717, 1.165) is 5.36 Å². The second-order valence-electron chi connectivity index (χ2n) is 2.77. The average Bonchev–Trinajstić information content (AvgIpc) is 2.42. The van der Waals surface area contributed by atoms with E-state index in [1.807, 2.05) is 0 Å². The number of hydrogen-bond donors (Lipinski definition) is 0. The first-order valence-corrected chi connectivity index (χ1v) is 4.20. The van der Waals surface area contributed by atoms with Gasteiger partial charge in [-0.25, -0.2) is 9.98 Å². The van der Waals surface area contributed by atoms with Crippen LogP contribution < -0.4 is 10.7 Å². The van der Waals surface area contributed by atoms with E-state index in [0.29, 0.717) is 16.0 Å². The summed E-state index contributed by atoms with van der Waals surface area (Å²) < 4.78 is 0. The van der Waals surface area contributed by atoms with E-state index >= 15 is 0 Å². The summed E-state index contributed by atoms with van der Waals surface area (Å²) >= 11 is 4.81. The zero-order valence-electron chi connectivity index (χ0n) is 6.94. The lowest BCUT2D eigenvalue weighted by Crippen LogP contribution is -2.22. The first-order chi connectivity index (χ1) is 6.16. The van der Waals surface area contributed by atoms with Crippen molar-refractivity contribution in [3.05, 3.63) is 34.5 Å². The Morgan fingerprint density at radius 1 is 1.31 bits per heavy atom. The summed E-state index contributed by atoms with van der Waals surface area (Å²) in [5, 5.41) is 1.77. The summed E-state index contributed by atoms with van der Waals surface area (Å²) in [6, 6.07) is 5.20. The van der Waals surface area contributed by atoms with Crippen LogP contribution in [-0.4, -0.2) is 10.9 Å². The number of benzene rings is 1. The van der Waals surface area contributed by atoms with Gasteiger partial charge in [-0.3, -0.25) is 4.79 Å². The van der Waals surface area contributed by atoms with Crippen molar-refractivity contribution in [2.24, 2.45) is 9.98 Å². The third-order valence-corrected chi connectivity index (χ3v) is 2.00. The molecule has 0 N–H and O–H groups in total. The molecule has 1 aliphatic heterocycles. The maximum absolute atomic E-state index is 11.0. The van der Waals surface area contributed by atoms with Gasteiger partial charge in [0, 0.05) is 5.56 Å². The molecule has 0 atom stereocenters. The SMILES string of the molecule is CC(=O)c1ccc2c(c1)=NC(=S)N=2. The number of Topliss-reactive ketones (excluding diaryl/α,β-unsaturated/α-hetero) is 1. The van der Waals surface area contributed by atoms with Crippen molar-refractivity contribution in [1.29, 1.82) is 0 Å². The minimum Gasteiger partial charge on any atom is -0.295 e. The van der Waals surface area contributed by atoms with E-state index in [9.17, 15) is 4.79 Å². The Balaban J connectivity index is 2.73. The Bertz CT molecular complexity index is 519. The zero-order valence-corrected chi connectivity index (χ0v) is 7.76. The molecule has 0 aliphatic carbocycles. The van der Waals surface area contributed by atoms with Crippen molar-refractivity contribution in [2.75, 3.05) is 0 Å². The van der Waals surface area contributed by atoms with Crippen molar-refractivity contribution < 1.29 is 4.79 Å². The van der Waals surface area contributed by atoms with Crippen LogP contribution in [0.5, 0.6) is 0 Å². The molecule has 0 unspecified atom stereocenters. The van der Waals surface area contributed by atoms with Crippen LogP contribution in [0, 0.1) is 0 Å². The van der Waals surface area contributed by atoms with Crippen molar-refractivity contribution >= 4 is 23.1 Å². The second-order valence-corrected chi connectivity index (χ2v) is 3.13.